The number of methoxy groups -OCH3 is 1. The Balaban J connectivity index is 2.39. The second-order valence-electron chi connectivity index (χ2n) is 4.37. The minimum Gasteiger partial charge on any atom is -0.465 e. The topological polar surface area (TPSA) is 72.5 Å². The van der Waals surface area contributed by atoms with E-state index in [1.54, 1.807) is 19.1 Å². The lowest BCUT2D eigenvalue weighted by Crippen LogP contribution is -2.26. The first-order chi connectivity index (χ1) is 8.44. The number of hydrogen-bond donors (Lipinski definition) is 1. The minimum absolute atomic E-state index is 0.0381. The Morgan fingerprint density at radius 1 is 1.39 bits per heavy atom. The van der Waals surface area contributed by atoms with Gasteiger partial charge in [-0.2, -0.15) is 0 Å². The van der Waals surface area contributed by atoms with Crippen LogP contribution in [-0.4, -0.2) is 27.5 Å². The second kappa shape index (κ2) is 4.70. The summed E-state index contributed by atoms with van der Waals surface area (Å²) >= 11 is 0. The number of benzene rings is 1. The van der Waals surface area contributed by atoms with Gasteiger partial charge in [0, 0.05) is 6.04 Å². The molecule has 2 rings (SSSR count). The van der Waals surface area contributed by atoms with Gasteiger partial charge in [-0.25, -0.2) is 17.9 Å². The van der Waals surface area contributed by atoms with Crippen molar-refractivity contribution < 1.29 is 17.9 Å². The molecule has 1 aliphatic carbocycles. The van der Waals surface area contributed by atoms with Gasteiger partial charge in [-0.1, -0.05) is 6.07 Å². The predicted molar refractivity (Wildman–Crippen MR) is 65.9 cm³/mol. The van der Waals surface area contributed by atoms with Crippen molar-refractivity contribution in [2.45, 2.75) is 30.7 Å². The summed E-state index contributed by atoms with van der Waals surface area (Å²) in [4.78, 5) is 11.5. The van der Waals surface area contributed by atoms with Crippen LogP contribution in [0.5, 0.6) is 0 Å². The molecule has 1 fully saturated rings. The number of rotatable bonds is 4. The SMILES string of the molecule is COC(=O)c1ccc(C)c(S(=O)(=O)NC2CC2)c1. The highest BCUT2D eigenvalue weighted by molar-refractivity contribution is 7.89. The van der Waals surface area contributed by atoms with Gasteiger partial charge in [0.25, 0.3) is 0 Å². The molecule has 0 heterocycles. The zero-order valence-corrected chi connectivity index (χ0v) is 11.1. The summed E-state index contributed by atoms with van der Waals surface area (Å²) in [6, 6.07) is 4.55. The van der Waals surface area contributed by atoms with E-state index in [2.05, 4.69) is 9.46 Å². The van der Waals surface area contributed by atoms with Crippen LogP contribution in [0.3, 0.4) is 0 Å². The first-order valence-electron chi connectivity index (χ1n) is 5.65. The van der Waals surface area contributed by atoms with Crippen molar-refractivity contribution in [3.05, 3.63) is 29.3 Å². The zero-order chi connectivity index (χ0) is 13.3. The molecule has 0 bridgehead atoms. The van der Waals surface area contributed by atoms with Crippen LogP contribution in [0.4, 0.5) is 0 Å². The Hall–Kier alpha value is -1.40. The molecular formula is C12H15NO4S. The van der Waals surface area contributed by atoms with Crippen LogP contribution in [0, 0.1) is 6.92 Å². The third kappa shape index (κ3) is 2.70. The minimum atomic E-state index is -3.55. The number of esters is 1. The molecule has 0 amide bonds. The monoisotopic (exact) mass is 269 g/mol. The van der Waals surface area contributed by atoms with E-state index in [-0.39, 0.29) is 16.5 Å². The summed E-state index contributed by atoms with van der Waals surface area (Å²) < 4.78 is 31.4. The predicted octanol–water partition coefficient (Wildman–Crippen LogP) is 1.22. The molecule has 0 atom stereocenters. The smallest absolute Gasteiger partial charge is 0.337 e. The summed E-state index contributed by atoms with van der Waals surface area (Å²) in [5.74, 6) is -0.544. The molecule has 0 spiro atoms. The van der Waals surface area contributed by atoms with E-state index in [9.17, 15) is 13.2 Å². The summed E-state index contributed by atoms with van der Waals surface area (Å²) in [5.41, 5.74) is 0.843. The fraction of sp³-hybridized carbons (Fsp3) is 0.417. The molecule has 0 unspecified atom stereocenters. The lowest BCUT2D eigenvalue weighted by Gasteiger charge is -2.09. The van der Waals surface area contributed by atoms with E-state index in [0.717, 1.165) is 12.8 Å². The zero-order valence-electron chi connectivity index (χ0n) is 10.3. The molecule has 5 nitrogen and oxygen atoms in total. The first-order valence-corrected chi connectivity index (χ1v) is 7.13. The fourth-order valence-corrected chi connectivity index (χ4v) is 3.19. The summed E-state index contributed by atoms with van der Waals surface area (Å²) in [6.07, 6.45) is 1.74. The van der Waals surface area contributed by atoms with Crippen molar-refractivity contribution in [3.63, 3.8) is 0 Å². The molecule has 0 aliphatic heterocycles. The largest absolute Gasteiger partial charge is 0.465 e. The number of nitrogens with one attached hydrogen (secondary N) is 1. The van der Waals surface area contributed by atoms with Crippen molar-refractivity contribution in [3.8, 4) is 0 Å². The van der Waals surface area contributed by atoms with Gasteiger partial charge in [0.15, 0.2) is 0 Å². The summed E-state index contributed by atoms with van der Waals surface area (Å²) in [7, 11) is -2.29. The Bertz CT molecular complexity index is 576. The number of carbonyl (C=O) groups excluding carboxylic acids is 1. The maximum atomic E-state index is 12.1. The molecule has 1 saturated carbocycles. The van der Waals surface area contributed by atoms with Gasteiger partial charge in [0.05, 0.1) is 17.6 Å². The van der Waals surface area contributed by atoms with E-state index >= 15 is 0 Å². The molecule has 0 saturated heterocycles. The fourth-order valence-electron chi connectivity index (χ4n) is 1.62. The van der Waals surface area contributed by atoms with Gasteiger partial charge in [0.1, 0.15) is 0 Å². The second-order valence-corrected chi connectivity index (χ2v) is 6.05. The quantitative estimate of drug-likeness (QED) is 0.834. The number of hydrogen-bond acceptors (Lipinski definition) is 4. The van der Waals surface area contributed by atoms with Gasteiger partial charge in [-0.3, -0.25) is 0 Å². The van der Waals surface area contributed by atoms with Crippen molar-refractivity contribution in [1.29, 1.82) is 0 Å². The van der Waals surface area contributed by atoms with Crippen LogP contribution in [0.25, 0.3) is 0 Å². The van der Waals surface area contributed by atoms with Gasteiger partial charge < -0.3 is 4.74 Å². The first kappa shape index (κ1) is 13.0. The third-order valence-electron chi connectivity index (χ3n) is 2.80. The van der Waals surface area contributed by atoms with Crippen molar-refractivity contribution in [1.82, 2.24) is 4.72 Å². The molecule has 1 aliphatic rings. The third-order valence-corrected chi connectivity index (χ3v) is 4.46. The average Bonchev–Trinajstić information content (AvgIpc) is 3.11. The number of aryl methyl sites for hydroxylation is 1. The highest BCUT2D eigenvalue weighted by Crippen LogP contribution is 2.24. The van der Waals surface area contributed by atoms with E-state index < -0.39 is 16.0 Å². The number of sulfonamides is 1. The summed E-state index contributed by atoms with van der Waals surface area (Å²) in [5, 5.41) is 0. The highest BCUT2D eigenvalue weighted by atomic mass is 32.2. The maximum absolute atomic E-state index is 12.1. The summed E-state index contributed by atoms with van der Waals surface area (Å²) in [6.45, 7) is 1.70. The molecule has 6 heteroatoms. The van der Waals surface area contributed by atoms with Gasteiger partial charge >= 0.3 is 5.97 Å². The van der Waals surface area contributed by atoms with E-state index in [1.807, 2.05) is 0 Å². The van der Waals surface area contributed by atoms with Crippen LogP contribution in [0.2, 0.25) is 0 Å². The van der Waals surface area contributed by atoms with Crippen LogP contribution in [-0.2, 0) is 14.8 Å². The normalized spacial score (nSPS) is 15.4. The molecule has 0 radical (unpaired) electrons. The number of carbonyl (C=O) groups is 1. The Labute approximate surface area is 106 Å². The molecular weight excluding hydrogens is 254 g/mol. The molecule has 1 N–H and O–H groups in total. The van der Waals surface area contributed by atoms with Gasteiger partial charge in [0.2, 0.25) is 10.0 Å². The molecule has 1 aromatic rings. The van der Waals surface area contributed by atoms with Crippen LogP contribution < -0.4 is 4.72 Å². The van der Waals surface area contributed by atoms with Gasteiger partial charge in [-0.05, 0) is 37.5 Å². The van der Waals surface area contributed by atoms with Crippen LogP contribution in [0.15, 0.2) is 23.1 Å². The van der Waals surface area contributed by atoms with Crippen LogP contribution >= 0.6 is 0 Å². The van der Waals surface area contributed by atoms with E-state index in [4.69, 9.17) is 0 Å². The average molecular weight is 269 g/mol. The maximum Gasteiger partial charge on any atom is 0.337 e. The van der Waals surface area contributed by atoms with Crippen LogP contribution in [0.1, 0.15) is 28.8 Å². The lowest BCUT2D eigenvalue weighted by atomic mass is 10.1. The van der Waals surface area contributed by atoms with Crippen molar-refractivity contribution >= 4 is 16.0 Å². The standard InChI is InChI=1S/C12H15NO4S/c1-8-3-4-9(12(14)17-2)7-11(8)18(15,16)13-10-5-6-10/h3-4,7,10,13H,5-6H2,1-2H3. The van der Waals surface area contributed by atoms with E-state index in [1.165, 1.54) is 13.2 Å². The molecule has 0 aromatic heterocycles. The lowest BCUT2D eigenvalue weighted by molar-refractivity contribution is 0.0600. The molecule has 98 valence electrons. The van der Waals surface area contributed by atoms with Gasteiger partial charge in [-0.15, -0.1) is 0 Å². The molecule has 1 aromatic carbocycles. The number of ether oxygens (including phenoxy) is 1. The Kier molecular flexibility index (Phi) is 3.41. The Morgan fingerprint density at radius 2 is 2.06 bits per heavy atom. The Morgan fingerprint density at radius 3 is 2.61 bits per heavy atom. The van der Waals surface area contributed by atoms with E-state index in [0.29, 0.717) is 5.56 Å². The molecule has 18 heavy (non-hydrogen) atoms. The van der Waals surface area contributed by atoms with Crippen molar-refractivity contribution in [2.75, 3.05) is 7.11 Å². The van der Waals surface area contributed by atoms with Crippen molar-refractivity contribution in [2.24, 2.45) is 0 Å². The highest BCUT2D eigenvalue weighted by Gasteiger charge is 2.29.